The molecule has 1 amide bonds. The van der Waals surface area contributed by atoms with Gasteiger partial charge in [0, 0.05) is 26.7 Å². The van der Waals surface area contributed by atoms with Crippen molar-refractivity contribution in [2.45, 2.75) is 45.1 Å². The van der Waals surface area contributed by atoms with E-state index >= 15 is 0 Å². The van der Waals surface area contributed by atoms with Crippen LogP contribution in [-0.4, -0.2) is 51.3 Å². The fraction of sp³-hybridized carbons (Fsp3) is 0.588. The number of sulfonamides is 1. The van der Waals surface area contributed by atoms with Crippen LogP contribution in [0.5, 0.6) is 0 Å². The van der Waals surface area contributed by atoms with E-state index in [4.69, 9.17) is 0 Å². The highest BCUT2D eigenvalue weighted by Gasteiger charge is 2.35. The van der Waals surface area contributed by atoms with Crippen molar-refractivity contribution in [3.8, 4) is 0 Å². The Morgan fingerprint density at radius 3 is 2.59 bits per heavy atom. The summed E-state index contributed by atoms with van der Waals surface area (Å²) in [6, 6.07) is 0. The number of amides is 1. The summed E-state index contributed by atoms with van der Waals surface area (Å²) < 4.78 is 30.7. The number of rotatable bonds is 5. The second kappa shape index (κ2) is 7.43. The summed E-state index contributed by atoms with van der Waals surface area (Å²) in [6.07, 6.45) is 4.30. The maximum atomic E-state index is 13.0. The van der Waals surface area contributed by atoms with E-state index in [9.17, 15) is 13.2 Å². The minimum absolute atomic E-state index is 0.170. The smallest absolute Gasteiger partial charge is 0.246 e. The van der Waals surface area contributed by atoms with Crippen LogP contribution in [0, 0.1) is 19.8 Å². The Balaban J connectivity index is 1.74. The summed E-state index contributed by atoms with van der Waals surface area (Å²) in [5.41, 5.74) is 2.14. The van der Waals surface area contributed by atoms with E-state index in [1.54, 1.807) is 24.9 Å². The summed E-state index contributed by atoms with van der Waals surface area (Å²) in [7, 11) is -1.96. The number of nitrogens with one attached hydrogen (secondary N) is 1. The van der Waals surface area contributed by atoms with E-state index in [1.807, 2.05) is 13.8 Å². The maximum absolute atomic E-state index is 13.0. The minimum Gasteiger partial charge on any atom is -0.323 e. The molecular weight excluding hydrogens is 368 g/mol. The Hall–Kier alpha value is -2.20. The van der Waals surface area contributed by atoms with Crippen LogP contribution in [0.15, 0.2) is 17.3 Å². The van der Waals surface area contributed by atoms with Crippen molar-refractivity contribution in [1.29, 1.82) is 0 Å². The van der Waals surface area contributed by atoms with Gasteiger partial charge in [-0.15, -0.1) is 0 Å². The predicted molar refractivity (Wildman–Crippen MR) is 101 cm³/mol. The fourth-order valence-electron chi connectivity index (χ4n) is 3.37. The number of anilines is 1. The third-order valence-electron chi connectivity index (χ3n) is 5.22. The van der Waals surface area contributed by atoms with E-state index in [0.717, 1.165) is 12.2 Å². The van der Waals surface area contributed by atoms with Crippen LogP contribution < -0.4 is 5.32 Å². The number of piperidine rings is 1. The third kappa shape index (κ3) is 3.63. The second-order valence-electron chi connectivity index (χ2n) is 6.87. The van der Waals surface area contributed by atoms with Crippen LogP contribution >= 0.6 is 0 Å². The molecule has 0 spiro atoms. The highest BCUT2D eigenvalue weighted by Crippen LogP contribution is 2.26. The molecule has 27 heavy (non-hydrogen) atoms. The lowest BCUT2D eigenvalue weighted by molar-refractivity contribution is -0.120. The average molecular weight is 395 g/mol. The maximum Gasteiger partial charge on any atom is 0.246 e. The first kappa shape index (κ1) is 19.6. The molecule has 0 bridgehead atoms. The zero-order valence-corrected chi connectivity index (χ0v) is 17.0. The van der Waals surface area contributed by atoms with Gasteiger partial charge in [-0.25, -0.2) is 8.42 Å². The molecule has 0 aromatic carbocycles. The number of aryl methyl sites for hydroxylation is 2. The van der Waals surface area contributed by atoms with Gasteiger partial charge >= 0.3 is 0 Å². The third-order valence-corrected chi connectivity index (χ3v) is 7.19. The van der Waals surface area contributed by atoms with Gasteiger partial charge in [0.15, 0.2) is 0 Å². The van der Waals surface area contributed by atoms with Crippen LogP contribution in [0.1, 0.15) is 31.2 Å². The van der Waals surface area contributed by atoms with Gasteiger partial charge in [0.25, 0.3) is 0 Å². The molecule has 1 unspecified atom stereocenters. The van der Waals surface area contributed by atoms with Crippen LogP contribution in [0.2, 0.25) is 0 Å². The molecule has 1 saturated heterocycles. The van der Waals surface area contributed by atoms with Gasteiger partial charge in [0.1, 0.15) is 4.90 Å². The number of carbonyl (C=O) groups is 1. The van der Waals surface area contributed by atoms with Gasteiger partial charge < -0.3 is 5.32 Å². The van der Waals surface area contributed by atoms with E-state index in [2.05, 4.69) is 15.5 Å². The lowest BCUT2D eigenvalue weighted by Crippen LogP contribution is -2.43. The molecule has 1 fully saturated rings. The molecule has 0 radical (unpaired) electrons. The lowest BCUT2D eigenvalue weighted by Gasteiger charge is -2.31. The van der Waals surface area contributed by atoms with Gasteiger partial charge in [-0.2, -0.15) is 14.5 Å². The topological polar surface area (TPSA) is 102 Å². The molecule has 9 nitrogen and oxygen atoms in total. The summed E-state index contributed by atoms with van der Waals surface area (Å²) in [6.45, 7) is 6.91. The molecular formula is C17H26N6O3S. The highest BCUT2D eigenvalue weighted by atomic mass is 32.2. The standard InChI is InChI=1S/C17H26N6O3S/c1-5-23-12(2)15(9-19-23)20-17(24)14-7-6-8-22(11-14)27(25,26)16-10-18-21(4)13(16)3/h9-10,14H,5-8,11H2,1-4H3,(H,20,24). The largest absolute Gasteiger partial charge is 0.323 e. The van der Waals surface area contributed by atoms with Gasteiger partial charge in [-0.05, 0) is 33.6 Å². The number of aromatic nitrogens is 4. The van der Waals surface area contributed by atoms with Crippen LogP contribution in [0.4, 0.5) is 5.69 Å². The van der Waals surface area contributed by atoms with Gasteiger partial charge in [-0.3, -0.25) is 14.2 Å². The highest BCUT2D eigenvalue weighted by molar-refractivity contribution is 7.89. The first-order valence-electron chi connectivity index (χ1n) is 9.07. The zero-order chi connectivity index (χ0) is 19.8. The lowest BCUT2D eigenvalue weighted by atomic mass is 9.99. The Bertz CT molecular complexity index is 946. The van der Waals surface area contributed by atoms with E-state index in [1.165, 1.54) is 15.2 Å². The number of hydrogen-bond acceptors (Lipinski definition) is 5. The summed E-state index contributed by atoms with van der Waals surface area (Å²) >= 11 is 0. The van der Waals surface area contributed by atoms with E-state index in [0.29, 0.717) is 30.8 Å². The Labute approximate surface area is 159 Å². The second-order valence-corrected chi connectivity index (χ2v) is 8.78. The van der Waals surface area contributed by atoms with Gasteiger partial charge in [0.05, 0.1) is 35.4 Å². The molecule has 0 aliphatic carbocycles. The van der Waals surface area contributed by atoms with Gasteiger partial charge in [-0.1, -0.05) is 0 Å². The molecule has 3 heterocycles. The summed E-state index contributed by atoms with van der Waals surface area (Å²) in [5.74, 6) is -0.563. The summed E-state index contributed by atoms with van der Waals surface area (Å²) in [4.78, 5) is 12.9. The molecule has 1 N–H and O–H groups in total. The molecule has 148 valence electrons. The quantitative estimate of drug-likeness (QED) is 0.823. The van der Waals surface area contributed by atoms with Crippen molar-refractivity contribution < 1.29 is 13.2 Å². The molecule has 3 rings (SSSR count). The molecule has 1 aliphatic rings. The summed E-state index contributed by atoms with van der Waals surface area (Å²) in [5, 5.41) is 11.2. The van der Waals surface area contributed by atoms with Crippen LogP contribution in [0.3, 0.4) is 0 Å². The van der Waals surface area contributed by atoms with E-state index < -0.39 is 15.9 Å². The van der Waals surface area contributed by atoms with Crippen LogP contribution in [0.25, 0.3) is 0 Å². The normalized spacial score (nSPS) is 18.6. The van der Waals surface area contributed by atoms with Crippen molar-refractivity contribution in [3.63, 3.8) is 0 Å². The molecule has 2 aromatic heterocycles. The number of nitrogens with zero attached hydrogens (tertiary/aromatic N) is 5. The predicted octanol–water partition coefficient (Wildman–Crippen LogP) is 1.29. The Kier molecular flexibility index (Phi) is 5.38. The first-order chi connectivity index (χ1) is 12.8. The minimum atomic E-state index is -3.67. The average Bonchev–Trinajstić information content (AvgIpc) is 3.18. The Morgan fingerprint density at radius 2 is 2.00 bits per heavy atom. The molecule has 1 atom stereocenters. The Morgan fingerprint density at radius 1 is 1.26 bits per heavy atom. The van der Waals surface area contributed by atoms with Crippen molar-refractivity contribution in [3.05, 3.63) is 23.8 Å². The number of hydrogen-bond donors (Lipinski definition) is 1. The monoisotopic (exact) mass is 394 g/mol. The van der Waals surface area contributed by atoms with Crippen molar-refractivity contribution in [1.82, 2.24) is 23.9 Å². The molecule has 2 aromatic rings. The van der Waals surface area contributed by atoms with E-state index in [-0.39, 0.29) is 17.3 Å². The zero-order valence-electron chi connectivity index (χ0n) is 16.1. The van der Waals surface area contributed by atoms with Crippen molar-refractivity contribution in [2.24, 2.45) is 13.0 Å². The fourth-order valence-corrected chi connectivity index (χ4v) is 5.08. The first-order valence-corrected chi connectivity index (χ1v) is 10.5. The number of carbonyl (C=O) groups excluding carboxylic acids is 1. The molecule has 0 saturated carbocycles. The molecule has 10 heteroatoms. The van der Waals surface area contributed by atoms with Crippen molar-refractivity contribution >= 4 is 21.6 Å². The van der Waals surface area contributed by atoms with Crippen LogP contribution in [-0.2, 0) is 28.4 Å². The molecule has 1 aliphatic heterocycles. The SMILES string of the molecule is CCn1ncc(NC(=O)C2CCCN(S(=O)(=O)c3cnn(C)c3C)C2)c1C. The van der Waals surface area contributed by atoms with Gasteiger partial charge in [0.2, 0.25) is 15.9 Å². The van der Waals surface area contributed by atoms with Crippen molar-refractivity contribution in [2.75, 3.05) is 18.4 Å².